The van der Waals surface area contributed by atoms with Crippen LogP contribution in [0.25, 0.3) is 22.2 Å². The quantitative estimate of drug-likeness (QED) is 0.262. The van der Waals surface area contributed by atoms with Crippen LogP contribution >= 0.6 is 0 Å². The highest BCUT2D eigenvalue weighted by molar-refractivity contribution is 5.79. The van der Waals surface area contributed by atoms with E-state index in [2.05, 4.69) is 47.1 Å². The Morgan fingerprint density at radius 3 is 2.32 bits per heavy atom. The van der Waals surface area contributed by atoms with Crippen LogP contribution in [0.15, 0.2) is 103 Å². The summed E-state index contributed by atoms with van der Waals surface area (Å²) in [6.45, 7) is 3.82. The molecule has 0 aliphatic carbocycles. The van der Waals surface area contributed by atoms with E-state index in [-0.39, 0.29) is 5.91 Å². The molecule has 0 bridgehead atoms. The molecule has 0 saturated heterocycles. The lowest BCUT2D eigenvalue weighted by molar-refractivity contribution is -0.120. The monoisotopic (exact) mass is 489 g/mol. The summed E-state index contributed by atoms with van der Waals surface area (Å²) in [6, 6.07) is 34.6. The molecule has 5 nitrogen and oxygen atoms in total. The van der Waals surface area contributed by atoms with E-state index in [1.54, 1.807) is 0 Å². The number of carbonyl (C=O) groups is 1. The number of amides is 1. The summed E-state index contributed by atoms with van der Waals surface area (Å²) in [5, 5.41) is 3.06. The highest BCUT2D eigenvalue weighted by atomic mass is 16.5. The number of hydrogen-bond donors (Lipinski definition) is 1. The number of aromatic nitrogens is 2. The van der Waals surface area contributed by atoms with Gasteiger partial charge in [0, 0.05) is 13.0 Å². The third-order valence-electron chi connectivity index (χ3n) is 6.43. The molecule has 5 aromatic rings. The number of hydrogen-bond acceptors (Lipinski definition) is 3. The second-order valence-electron chi connectivity index (χ2n) is 9.17. The first-order valence-electron chi connectivity index (χ1n) is 12.7. The number of carbonyl (C=O) groups excluding carboxylic acids is 1. The maximum Gasteiger partial charge on any atom is 0.224 e. The van der Waals surface area contributed by atoms with E-state index in [4.69, 9.17) is 9.72 Å². The van der Waals surface area contributed by atoms with Crippen molar-refractivity contribution in [1.82, 2.24) is 14.9 Å². The second-order valence-corrected chi connectivity index (χ2v) is 9.17. The van der Waals surface area contributed by atoms with Gasteiger partial charge in [-0.1, -0.05) is 84.4 Å². The molecule has 5 rings (SSSR count). The van der Waals surface area contributed by atoms with Gasteiger partial charge in [0.25, 0.3) is 0 Å². The number of benzene rings is 4. The zero-order valence-corrected chi connectivity index (χ0v) is 21.1. The lowest BCUT2D eigenvalue weighted by atomic mass is 10.0. The molecule has 0 saturated carbocycles. The minimum atomic E-state index is 0.0119. The molecule has 1 aromatic heterocycles. The number of ether oxygens (including phenoxy) is 1. The fourth-order valence-electron chi connectivity index (χ4n) is 4.46. The molecule has 1 heterocycles. The first-order valence-corrected chi connectivity index (χ1v) is 12.7. The van der Waals surface area contributed by atoms with E-state index in [1.807, 2.05) is 72.8 Å². The number of nitrogens with zero attached hydrogens (tertiary/aromatic N) is 2. The van der Waals surface area contributed by atoms with E-state index < -0.39 is 0 Å². The van der Waals surface area contributed by atoms with E-state index in [1.165, 1.54) is 11.1 Å². The molecule has 5 heteroatoms. The van der Waals surface area contributed by atoms with Crippen molar-refractivity contribution < 1.29 is 9.53 Å². The number of fused-ring (bicyclic) bond motifs is 1. The fraction of sp³-hybridized carbons (Fsp3) is 0.188. The van der Waals surface area contributed by atoms with E-state index in [0.717, 1.165) is 33.7 Å². The van der Waals surface area contributed by atoms with E-state index in [0.29, 0.717) is 32.5 Å². The van der Waals surface area contributed by atoms with Gasteiger partial charge in [0.05, 0.1) is 24.0 Å². The standard InChI is InChI=1S/C32H31N3O2/c1-24-11-17-28(18-12-24)37-22-21-35-30-10-6-5-9-29(30)34-31(35)19-20-33-32(36)23-25-13-15-27(16-14-25)26-7-3-2-4-8-26/h2-18H,19-23H2,1H3,(H,33,36). The average Bonchev–Trinajstić information content (AvgIpc) is 3.28. The van der Waals surface area contributed by atoms with Crippen molar-refractivity contribution in [2.45, 2.75) is 26.3 Å². The van der Waals surface area contributed by atoms with Crippen molar-refractivity contribution in [3.8, 4) is 16.9 Å². The van der Waals surface area contributed by atoms with E-state index >= 15 is 0 Å². The summed E-state index contributed by atoms with van der Waals surface area (Å²) < 4.78 is 8.16. The molecule has 0 aliphatic rings. The van der Waals surface area contributed by atoms with Gasteiger partial charge in [-0.15, -0.1) is 0 Å². The zero-order valence-electron chi connectivity index (χ0n) is 21.1. The van der Waals surface area contributed by atoms with Crippen molar-refractivity contribution >= 4 is 16.9 Å². The molecule has 0 spiro atoms. The van der Waals surface area contributed by atoms with Crippen LogP contribution in [0.1, 0.15) is 17.0 Å². The smallest absolute Gasteiger partial charge is 0.224 e. The topological polar surface area (TPSA) is 56.1 Å². The largest absolute Gasteiger partial charge is 0.492 e. The SMILES string of the molecule is Cc1ccc(OCCn2c(CCNC(=O)Cc3ccc(-c4ccccc4)cc3)nc3ccccc32)cc1. The van der Waals surface area contributed by atoms with Gasteiger partial charge in [-0.3, -0.25) is 4.79 Å². The first-order chi connectivity index (χ1) is 18.2. The lowest BCUT2D eigenvalue weighted by Crippen LogP contribution is -2.28. The lowest BCUT2D eigenvalue weighted by Gasteiger charge is -2.12. The van der Waals surface area contributed by atoms with Gasteiger partial charge in [-0.05, 0) is 47.9 Å². The average molecular weight is 490 g/mol. The first kappa shape index (κ1) is 24.3. The molecule has 0 aliphatic heterocycles. The van der Waals surface area contributed by atoms with Crippen LogP contribution in [-0.2, 0) is 24.2 Å². The number of aryl methyl sites for hydroxylation is 1. The minimum absolute atomic E-state index is 0.0119. The zero-order chi connectivity index (χ0) is 25.5. The summed E-state index contributed by atoms with van der Waals surface area (Å²) in [5.74, 6) is 1.82. The van der Waals surface area contributed by atoms with Gasteiger partial charge in [0.15, 0.2) is 0 Å². The van der Waals surface area contributed by atoms with Crippen LogP contribution in [0.3, 0.4) is 0 Å². The molecule has 186 valence electrons. The van der Waals surface area contributed by atoms with Gasteiger partial charge in [-0.2, -0.15) is 0 Å². The molecular formula is C32H31N3O2. The Morgan fingerprint density at radius 2 is 1.54 bits per heavy atom. The van der Waals surface area contributed by atoms with Crippen molar-refractivity contribution in [3.05, 3.63) is 120 Å². The summed E-state index contributed by atoms with van der Waals surface area (Å²) in [7, 11) is 0. The molecule has 0 radical (unpaired) electrons. The minimum Gasteiger partial charge on any atom is -0.492 e. The molecule has 37 heavy (non-hydrogen) atoms. The predicted molar refractivity (Wildman–Crippen MR) is 149 cm³/mol. The van der Waals surface area contributed by atoms with Gasteiger partial charge in [0.1, 0.15) is 18.2 Å². The number of para-hydroxylation sites is 2. The van der Waals surface area contributed by atoms with Crippen LogP contribution in [0.5, 0.6) is 5.75 Å². The third kappa shape index (κ3) is 6.25. The maximum atomic E-state index is 12.6. The normalized spacial score (nSPS) is 10.9. The van der Waals surface area contributed by atoms with Crippen molar-refractivity contribution in [2.75, 3.05) is 13.2 Å². The molecule has 4 aromatic carbocycles. The molecule has 1 N–H and O–H groups in total. The predicted octanol–water partition coefficient (Wildman–Crippen LogP) is 5.99. The van der Waals surface area contributed by atoms with Crippen molar-refractivity contribution in [2.24, 2.45) is 0 Å². The molecular weight excluding hydrogens is 458 g/mol. The van der Waals surface area contributed by atoms with Crippen LogP contribution in [0.2, 0.25) is 0 Å². The Hall–Kier alpha value is -4.38. The fourth-order valence-corrected chi connectivity index (χ4v) is 4.46. The van der Waals surface area contributed by atoms with Crippen LogP contribution in [0.4, 0.5) is 0 Å². The Morgan fingerprint density at radius 1 is 0.838 bits per heavy atom. The van der Waals surface area contributed by atoms with Crippen molar-refractivity contribution in [1.29, 1.82) is 0 Å². The highest BCUT2D eigenvalue weighted by Crippen LogP contribution is 2.20. The third-order valence-corrected chi connectivity index (χ3v) is 6.43. The van der Waals surface area contributed by atoms with Gasteiger partial charge < -0.3 is 14.6 Å². The molecule has 0 fully saturated rings. The van der Waals surface area contributed by atoms with Gasteiger partial charge in [0.2, 0.25) is 5.91 Å². The maximum absolute atomic E-state index is 12.6. The molecule has 0 unspecified atom stereocenters. The summed E-state index contributed by atoms with van der Waals surface area (Å²) >= 11 is 0. The number of imidazole rings is 1. The van der Waals surface area contributed by atoms with Gasteiger partial charge in [-0.25, -0.2) is 4.98 Å². The van der Waals surface area contributed by atoms with Crippen LogP contribution < -0.4 is 10.1 Å². The Bertz CT molecular complexity index is 1460. The summed E-state index contributed by atoms with van der Waals surface area (Å²) in [4.78, 5) is 17.4. The molecule has 1 amide bonds. The highest BCUT2D eigenvalue weighted by Gasteiger charge is 2.11. The number of rotatable bonds is 10. The summed E-state index contributed by atoms with van der Waals surface area (Å²) in [5.41, 5.74) is 6.56. The Labute approximate surface area is 217 Å². The Kier molecular flexibility index (Phi) is 7.60. The van der Waals surface area contributed by atoms with E-state index in [9.17, 15) is 4.79 Å². The van der Waals surface area contributed by atoms with Crippen LogP contribution in [0, 0.1) is 6.92 Å². The second kappa shape index (κ2) is 11.6. The summed E-state index contributed by atoms with van der Waals surface area (Å²) in [6.07, 6.45) is 1.01. The van der Waals surface area contributed by atoms with Gasteiger partial charge >= 0.3 is 0 Å². The van der Waals surface area contributed by atoms with Crippen molar-refractivity contribution in [3.63, 3.8) is 0 Å². The Balaban J connectivity index is 1.16. The number of nitrogens with one attached hydrogen (secondary N) is 1. The van der Waals surface area contributed by atoms with Crippen LogP contribution in [-0.4, -0.2) is 28.6 Å². The molecule has 0 atom stereocenters.